The summed E-state index contributed by atoms with van der Waals surface area (Å²) in [5.41, 5.74) is 8.30. The molecule has 9 rings (SSSR count). The molecule has 0 saturated heterocycles. The van der Waals surface area contributed by atoms with Crippen molar-refractivity contribution >= 4 is 44.6 Å². The van der Waals surface area contributed by atoms with Crippen LogP contribution in [0.15, 0.2) is 168 Å². The molecule has 0 amide bonds. The van der Waals surface area contributed by atoms with Crippen LogP contribution < -0.4 is 9.80 Å². The van der Waals surface area contributed by atoms with Crippen molar-refractivity contribution in [1.82, 2.24) is 0 Å². The summed E-state index contributed by atoms with van der Waals surface area (Å²) in [6, 6.07) is 57.2. The fourth-order valence-corrected chi connectivity index (χ4v) is 8.79. The summed E-state index contributed by atoms with van der Waals surface area (Å²) in [6.07, 6.45) is 0. The average molecular weight is 731 g/mol. The lowest BCUT2D eigenvalue weighted by atomic mass is 9.83. The van der Waals surface area contributed by atoms with Gasteiger partial charge in [0.25, 0.3) is 0 Å². The second-order valence-corrected chi connectivity index (χ2v) is 17.5. The Hall–Kier alpha value is -6.00. The Kier molecular flexibility index (Phi) is 8.14. The zero-order chi connectivity index (χ0) is 39.0. The highest BCUT2D eigenvalue weighted by atomic mass is 15.3. The lowest BCUT2D eigenvalue weighted by Gasteiger charge is -2.41. The van der Waals surface area contributed by atoms with Gasteiger partial charge in [-0.3, -0.25) is 9.98 Å². The smallest absolute Gasteiger partial charge is 0.136 e. The first kappa shape index (κ1) is 35.7. The number of amidine groups is 2. The van der Waals surface area contributed by atoms with Crippen molar-refractivity contribution in [2.45, 2.75) is 77.5 Å². The van der Waals surface area contributed by atoms with Crippen LogP contribution in [0, 0.1) is 0 Å². The number of aliphatic imine (C=N–C) groups is 2. The van der Waals surface area contributed by atoms with Crippen molar-refractivity contribution in [3.05, 3.63) is 169 Å². The van der Waals surface area contributed by atoms with Crippen molar-refractivity contribution in [1.29, 1.82) is 0 Å². The van der Waals surface area contributed by atoms with Gasteiger partial charge in [0.15, 0.2) is 0 Å². The average Bonchev–Trinajstić information content (AvgIpc) is 3.52. The number of para-hydroxylation sites is 2. The molecule has 0 atom stereocenters. The molecule has 7 aromatic rings. The number of anilines is 2. The molecular weight excluding hydrogens is 681 g/mol. The minimum atomic E-state index is -0.294. The van der Waals surface area contributed by atoms with Crippen molar-refractivity contribution in [3.63, 3.8) is 0 Å². The van der Waals surface area contributed by atoms with Crippen LogP contribution in [0.3, 0.4) is 0 Å². The molecule has 0 bridgehead atoms. The molecule has 0 unspecified atom stereocenters. The summed E-state index contributed by atoms with van der Waals surface area (Å²) in [4.78, 5) is 15.7. The van der Waals surface area contributed by atoms with Crippen molar-refractivity contribution in [2.75, 3.05) is 9.80 Å². The van der Waals surface area contributed by atoms with Gasteiger partial charge in [0.1, 0.15) is 11.7 Å². The monoisotopic (exact) mass is 730 g/mol. The Morgan fingerprint density at radius 1 is 0.339 bits per heavy atom. The first-order valence-electron chi connectivity index (χ1n) is 19.9. The first-order chi connectivity index (χ1) is 26.8. The Bertz CT molecular complexity index is 2460. The van der Waals surface area contributed by atoms with E-state index in [-0.39, 0.29) is 22.2 Å². The van der Waals surface area contributed by atoms with E-state index >= 15 is 0 Å². The van der Waals surface area contributed by atoms with Gasteiger partial charge in [0.2, 0.25) is 0 Å². The Morgan fingerprint density at radius 2 is 0.643 bits per heavy atom. The van der Waals surface area contributed by atoms with Gasteiger partial charge in [-0.2, -0.15) is 0 Å². The lowest BCUT2D eigenvalue weighted by Crippen LogP contribution is -2.53. The predicted octanol–water partition coefficient (Wildman–Crippen LogP) is 13.0. The fourth-order valence-electron chi connectivity index (χ4n) is 8.79. The van der Waals surface area contributed by atoms with Gasteiger partial charge in [0.05, 0.1) is 22.2 Å². The molecule has 0 N–H and O–H groups in total. The van der Waals surface area contributed by atoms with E-state index < -0.39 is 0 Å². The van der Waals surface area contributed by atoms with E-state index in [0.29, 0.717) is 0 Å². The number of benzene rings is 7. The first-order valence-corrected chi connectivity index (χ1v) is 19.9. The van der Waals surface area contributed by atoms with Gasteiger partial charge in [-0.25, -0.2) is 0 Å². The number of hydrogen-bond donors (Lipinski definition) is 0. The van der Waals surface area contributed by atoms with Crippen molar-refractivity contribution in [3.8, 4) is 22.3 Å². The molecule has 2 aliphatic rings. The molecule has 4 nitrogen and oxygen atoms in total. The summed E-state index contributed by atoms with van der Waals surface area (Å²) in [5, 5.41) is 4.90. The number of fused-ring (bicyclic) bond motifs is 2. The van der Waals surface area contributed by atoms with Crippen LogP contribution >= 0.6 is 0 Å². The van der Waals surface area contributed by atoms with Crippen LogP contribution in [0.2, 0.25) is 0 Å². The normalized spacial score (nSPS) is 18.0. The van der Waals surface area contributed by atoms with Crippen LogP contribution in [0.5, 0.6) is 0 Å². The highest BCUT2D eigenvalue weighted by Gasteiger charge is 2.51. The van der Waals surface area contributed by atoms with Gasteiger partial charge in [-0.05, 0) is 136 Å². The third-order valence-electron chi connectivity index (χ3n) is 13.1. The Labute approximate surface area is 331 Å². The van der Waals surface area contributed by atoms with E-state index in [9.17, 15) is 0 Å². The molecule has 2 heterocycles. The topological polar surface area (TPSA) is 31.2 Å². The number of nitrogens with zero attached hydrogens (tertiary/aromatic N) is 4. The zero-order valence-electron chi connectivity index (χ0n) is 33.8. The van der Waals surface area contributed by atoms with Gasteiger partial charge in [-0.1, -0.05) is 121 Å². The number of rotatable bonds is 6. The Morgan fingerprint density at radius 3 is 0.982 bits per heavy atom. The zero-order valence-corrected chi connectivity index (χ0v) is 33.8. The van der Waals surface area contributed by atoms with Crippen molar-refractivity contribution in [2.24, 2.45) is 9.98 Å². The van der Waals surface area contributed by atoms with Crippen molar-refractivity contribution < 1.29 is 0 Å². The summed E-state index contributed by atoms with van der Waals surface area (Å²) in [5.74, 6) is 2.00. The molecule has 2 aliphatic heterocycles. The van der Waals surface area contributed by atoms with Crippen LogP contribution in [-0.4, -0.2) is 33.8 Å². The summed E-state index contributed by atoms with van der Waals surface area (Å²) in [6.45, 7) is 18.2. The van der Waals surface area contributed by atoms with E-state index in [4.69, 9.17) is 9.98 Å². The second-order valence-electron chi connectivity index (χ2n) is 17.5. The molecule has 0 aromatic heterocycles. The van der Waals surface area contributed by atoms with Crippen LogP contribution in [-0.2, 0) is 0 Å². The summed E-state index contributed by atoms with van der Waals surface area (Å²) >= 11 is 0. The van der Waals surface area contributed by atoms with Gasteiger partial charge >= 0.3 is 0 Å². The molecule has 0 radical (unpaired) electrons. The third-order valence-corrected chi connectivity index (χ3v) is 13.1. The largest absolute Gasteiger partial charge is 0.318 e. The molecule has 0 fully saturated rings. The molecule has 4 heteroatoms. The standard InChI is InChI=1S/C52H50N4/c1-49(2)51(5,6)55(39-25-11-9-12-26-39)47(53-49)37-23-19-21-35(33-37)45-41-29-15-17-31-43(41)46(44-32-18-16-30-42(44)45)36-22-20-24-38(34-36)48-54-50(3,4)52(7,8)56(48)40-27-13-10-14-28-40/h9-34H,1-8H3. The fraction of sp³-hybridized carbons (Fsp3) is 0.231. The molecule has 56 heavy (non-hydrogen) atoms. The maximum absolute atomic E-state index is 5.43. The van der Waals surface area contributed by atoms with E-state index in [1.807, 2.05) is 0 Å². The van der Waals surface area contributed by atoms with E-state index in [0.717, 1.165) is 34.2 Å². The highest BCUT2D eigenvalue weighted by molar-refractivity contribution is 6.23. The second kappa shape index (κ2) is 12.8. The Balaban J connectivity index is 1.22. The molecular formula is C52H50N4. The van der Waals surface area contributed by atoms with Gasteiger partial charge in [-0.15, -0.1) is 0 Å². The highest BCUT2D eigenvalue weighted by Crippen LogP contribution is 2.47. The van der Waals surface area contributed by atoms with E-state index in [1.54, 1.807) is 0 Å². The molecule has 0 spiro atoms. The van der Waals surface area contributed by atoms with Crippen LogP contribution in [0.25, 0.3) is 43.8 Å². The minimum absolute atomic E-state index is 0.233. The summed E-state index contributed by atoms with van der Waals surface area (Å²) in [7, 11) is 0. The quantitative estimate of drug-likeness (QED) is 0.160. The van der Waals surface area contributed by atoms with E-state index in [1.165, 1.54) is 43.8 Å². The third kappa shape index (κ3) is 5.41. The minimum Gasteiger partial charge on any atom is -0.318 e. The molecule has 278 valence electrons. The van der Waals surface area contributed by atoms with Crippen LogP contribution in [0.1, 0.15) is 66.5 Å². The van der Waals surface area contributed by atoms with E-state index in [2.05, 4.69) is 223 Å². The maximum Gasteiger partial charge on any atom is 0.136 e. The number of hydrogen-bond acceptors (Lipinski definition) is 4. The van der Waals surface area contributed by atoms with Gasteiger partial charge < -0.3 is 9.80 Å². The maximum atomic E-state index is 5.43. The van der Waals surface area contributed by atoms with Gasteiger partial charge in [0, 0.05) is 22.5 Å². The summed E-state index contributed by atoms with van der Waals surface area (Å²) < 4.78 is 0. The lowest BCUT2D eigenvalue weighted by molar-refractivity contribution is 0.338. The SMILES string of the molecule is CC1(C)N=C(c2cccc(-c3c4ccccc4c(-c4cccc(C5=NC(C)(C)C(C)(C)N5c5ccccc5)c4)c4ccccc34)c2)N(c2ccccc2)C1(C)C. The van der Waals surface area contributed by atoms with Crippen LogP contribution in [0.4, 0.5) is 11.4 Å². The molecule has 0 aliphatic carbocycles. The molecule has 0 saturated carbocycles. The molecule has 7 aromatic carbocycles. The predicted molar refractivity (Wildman–Crippen MR) is 240 cm³/mol.